The van der Waals surface area contributed by atoms with Crippen molar-refractivity contribution in [3.63, 3.8) is 0 Å². The second kappa shape index (κ2) is 14.4. The number of epoxide rings is 1. The molecule has 0 radical (unpaired) electrons. The fourth-order valence-corrected chi connectivity index (χ4v) is 3.38. The second-order valence-electron chi connectivity index (χ2n) is 10.1. The Morgan fingerprint density at radius 1 is 0.875 bits per heavy atom. The van der Waals surface area contributed by atoms with Gasteiger partial charge in [0.25, 0.3) is 0 Å². The molecule has 3 N–H and O–H groups in total. The Labute approximate surface area is 228 Å². The number of carbonyl (C=O) groups excluding carboxylic acids is 4. The molecule has 1 heterocycles. The Kier molecular flexibility index (Phi) is 11.8. The number of rotatable bonds is 15. The summed E-state index contributed by atoms with van der Waals surface area (Å²) in [6, 6.07) is 3.78. The Balaban J connectivity index is 2.22. The summed E-state index contributed by atoms with van der Waals surface area (Å²) < 4.78 is 69.5. The van der Waals surface area contributed by atoms with Crippen LogP contribution in [0.1, 0.15) is 33.3 Å². The van der Waals surface area contributed by atoms with Crippen molar-refractivity contribution in [3.8, 4) is 0 Å². The predicted octanol–water partition coefficient (Wildman–Crippen LogP) is 1.93. The molecule has 11 nitrogen and oxygen atoms in total. The molecular formula is C25H33F4N3O8. The minimum absolute atomic E-state index is 0.0196. The number of benzene rings is 1. The van der Waals surface area contributed by atoms with E-state index in [9.17, 15) is 36.7 Å². The van der Waals surface area contributed by atoms with Crippen molar-refractivity contribution < 1.29 is 55.7 Å². The third-order valence-corrected chi connectivity index (χ3v) is 5.43. The van der Waals surface area contributed by atoms with Crippen LogP contribution in [0.3, 0.4) is 0 Å². The zero-order chi connectivity index (χ0) is 30.1. The van der Waals surface area contributed by atoms with Crippen molar-refractivity contribution in [2.24, 2.45) is 0 Å². The van der Waals surface area contributed by atoms with Crippen molar-refractivity contribution in [3.05, 3.63) is 35.9 Å². The highest BCUT2D eigenvalue weighted by Gasteiger charge is 2.50. The Morgan fingerprint density at radius 2 is 1.35 bits per heavy atom. The highest BCUT2D eigenvalue weighted by Crippen LogP contribution is 2.29. The van der Waals surface area contributed by atoms with Crippen LogP contribution in [0.5, 0.6) is 0 Å². The summed E-state index contributed by atoms with van der Waals surface area (Å²) in [5, 5.41) is 6.55. The quantitative estimate of drug-likeness (QED) is 0.211. The van der Waals surface area contributed by atoms with Crippen LogP contribution in [0.15, 0.2) is 30.3 Å². The van der Waals surface area contributed by atoms with Gasteiger partial charge in [0.1, 0.15) is 23.3 Å². The number of nitrogens with one attached hydrogen (secondary N) is 3. The van der Waals surface area contributed by atoms with Gasteiger partial charge >= 0.3 is 19.3 Å². The fraction of sp³-hybridized carbons (Fsp3) is 0.600. The summed E-state index contributed by atoms with van der Waals surface area (Å²) in [5.74, 6) is -2.81. The molecule has 3 amide bonds. The maximum Gasteiger partial charge on any atom is 0.408 e. The lowest BCUT2D eigenvalue weighted by molar-refractivity contribution is -0.152. The Hall–Kier alpha value is -3.30. The average Bonchev–Trinajstić information content (AvgIpc) is 3.60. The predicted molar refractivity (Wildman–Crippen MR) is 130 cm³/mol. The Morgan fingerprint density at radius 3 is 1.80 bits per heavy atom. The van der Waals surface area contributed by atoms with Gasteiger partial charge in [0, 0.05) is 0 Å². The average molecular weight is 580 g/mol. The van der Waals surface area contributed by atoms with E-state index in [0.717, 1.165) is 0 Å². The van der Waals surface area contributed by atoms with E-state index in [0.29, 0.717) is 5.56 Å². The number of alkyl halides is 4. The molecule has 1 aliphatic rings. The molecule has 2 rings (SSSR count). The minimum atomic E-state index is -3.33. The van der Waals surface area contributed by atoms with Crippen molar-refractivity contribution >= 4 is 23.7 Å². The van der Waals surface area contributed by atoms with Gasteiger partial charge in [-0.25, -0.2) is 4.79 Å². The van der Waals surface area contributed by atoms with Crippen LogP contribution in [0.25, 0.3) is 0 Å². The van der Waals surface area contributed by atoms with Crippen LogP contribution >= 0.6 is 0 Å². The summed E-state index contributed by atoms with van der Waals surface area (Å²) in [7, 11) is 0. The number of amides is 3. The number of ketones is 1. The third-order valence-electron chi connectivity index (χ3n) is 5.43. The minimum Gasteiger partial charge on any atom is -0.444 e. The lowest BCUT2D eigenvalue weighted by Crippen LogP contribution is -2.59. The molecule has 0 bridgehead atoms. The molecule has 1 aromatic rings. The van der Waals surface area contributed by atoms with Crippen molar-refractivity contribution in [1.82, 2.24) is 16.0 Å². The molecule has 0 aromatic heterocycles. The molecular weight excluding hydrogens is 546 g/mol. The van der Waals surface area contributed by atoms with Crippen LogP contribution in [-0.2, 0) is 39.8 Å². The summed E-state index contributed by atoms with van der Waals surface area (Å²) in [5.41, 5.74) is -1.50. The van der Waals surface area contributed by atoms with Gasteiger partial charge in [-0.1, -0.05) is 30.3 Å². The zero-order valence-electron chi connectivity index (χ0n) is 22.4. The summed E-state index contributed by atoms with van der Waals surface area (Å²) in [6.07, 6.45) is -1.15. The first-order valence-electron chi connectivity index (χ1n) is 12.2. The van der Waals surface area contributed by atoms with Gasteiger partial charge < -0.3 is 34.9 Å². The number of hydrogen-bond acceptors (Lipinski definition) is 8. The van der Waals surface area contributed by atoms with E-state index in [1.807, 2.05) is 5.32 Å². The molecule has 15 heteroatoms. The van der Waals surface area contributed by atoms with Gasteiger partial charge in [0.15, 0.2) is 5.78 Å². The van der Waals surface area contributed by atoms with Gasteiger partial charge in [-0.3, -0.25) is 14.4 Å². The van der Waals surface area contributed by atoms with E-state index >= 15 is 0 Å². The number of ether oxygens (including phenoxy) is 4. The first-order valence-corrected chi connectivity index (χ1v) is 12.2. The molecule has 0 unspecified atom stereocenters. The summed E-state index contributed by atoms with van der Waals surface area (Å²) >= 11 is 0. The number of hydrogen-bond donors (Lipinski definition) is 3. The van der Waals surface area contributed by atoms with E-state index < -0.39 is 79.5 Å². The van der Waals surface area contributed by atoms with Gasteiger partial charge in [-0.2, -0.15) is 17.6 Å². The first-order chi connectivity index (χ1) is 18.6. The highest BCUT2D eigenvalue weighted by molar-refractivity contribution is 5.98. The molecule has 4 atom stereocenters. The molecule has 0 saturated carbocycles. The van der Waals surface area contributed by atoms with Gasteiger partial charge in [0.2, 0.25) is 11.8 Å². The first kappa shape index (κ1) is 32.9. The van der Waals surface area contributed by atoms with E-state index in [1.165, 1.54) is 27.7 Å². The SMILES string of the molecule is CC(C)(C)OC(=O)N[C@@H](COC(F)F)C(=O)N[C@@H](COC(F)F)C(=O)N[C@@H](Cc1ccccc1)C(=O)[C@]1(C)CO1. The van der Waals surface area contributed by atoms with Crippen LogP contribution in [0, 0.1) is 0 Å². The molecule has 1 aliphatic heterocycles. The molecule has 0 spiro atoms. The number of alkyl carbamates (subject to hydrolysis) is 1. The van der Waals surface area contributed by atoms with Crippen molar-refractivity contribution in [2.75, 3.05) is 19.8 Å². The number of Topliss-reactive ketones (excluding diaryl/α,β-unsaturated/α-hetero) is 1. The van der Waals surface area contributed by atoms with E-state index in [-0.39, 0.29) is 13.0 Å². The molecule has 40 heavy (non-hydrogen) atoms. The van der Waals surface area contributed by atoms with Crippen molar-refractivity contribution in [1.29, 1.82) is 0 Å². The molecule has 0 aliphatic carbocycles. The second-order valence-corrected chi connectivity index (χ2v) is 10.1. The fourth-order valence-electron chi connectivity index (χ4n) is 3.38. The lowest BCUT2D eigenvalue weighted by Gasteiger charge is -2.26. The lowest BCUT2D eigenvalue weighted by atomic mass is 9.94. The third kappa shape index (κ3) is 11.4. The summed E-state index contributed by atoms with van der Waals surface area (Å²) in [4.78, 5) is 51.2. The molecule has 224 valence electrons. The van der Waals surface area contributed by atoms with E-state index in [1.54, 1.807) is 30.3 Å². The molecule has 1 saturated heterocycles. The molecule has 1 aromatic carbocycles. The topological polar surface area (TPSA) is 145 Å². The maximum absolute atomic E-state index is 13.1. The van der Waals surface area contributed by atoms with E-state index in [2.05, 4.69) is 20.1 Å². The molecule has 1 fully saturated rings. The van der Waals surface area contributed by atoms with Crippen LogP contribution in [0.2, 0.25) is 0 Å². The largest absolute Gasteiger partial charge is 0.444 e. The maximum atomic E-state index is 13.1. The van der Waals surface area contributed by atoms with E-state index in [4.69, 9.17) is 9.47 Å². The van der Waals surface area contributed by atoms with Gasteiger partial charge in [0.05, 0.1) is 25.9 Å². The normalized spacial score (nSPS) is 18.9. The zero-order valence-corrected chi connectivity index (χ0v) is 22.4. The van der Waals surface area contributed by atoms with Crippen LogP contribution < -0.4 is 16.0 Å². The summed E-state index contributed by atoms with van der Waals surface area (Å²) in [6.45, 7) is -2.56. The van der Waals surface area contributed by atoms with Crippen LogP contribution in [-0.4, -0.2) is 86.1 Å². The van der Waals surface area contributed by atoms with Crippen LogP contribution in [0.4, 0.5) is 22.4 Å². The Bertz CT molecular complexity index is 1020. The van der Waals surface area contributed by atoms with Gasteiger partial charge in [-0.05, 0) is 39.7 Å². The number of carbonyl (C=O) groups is 4. The standard InChI is InChI=1S/C25H33F4N3O8/c1-24(2,3)40-23(36)32-17(12-38-22(28)29)20(35)31-16(11-37-21(26)27)19(34)30-15(18(33)25(4)13-39-25)10-14-8-6-5-7-9-14/h5-9,15-17,21-22H,10-13H2,1-4H3,(H,30,34)(H,31,35)(H,32,36)/t15-,16-,17-,25-/m0/s1. The van der Waals surface area contributed by atoms with Gasteiger partial charge in [-0.15, -0.1) is 0 Å². The monoisotopic (exact) mass is 579 g/mol. The number of halogens is 4. The van der Waals surface area contributed by atoms with Crippen molar-refractivity contribution in [2.45, 2.75) is 76.7 Å². The smallest absolute Gasteiger partial charge is 0.408 e. The highest BCUT2D eigenvalue weighted by atomic mass is 19.3.